The van der Waals surface area contributed by atoms with E-state index in [0.29, 0.717) is 13.0 Å². The van der Waals surface area contributed by atoms with Crippen LogP contribution >= 0.6 is 0 Å². The first kappa shape index (κ1) is 14.8. The average Bonchev–Trinajstić information content (AvgIpc) is 3.18. The van der Waals surface area contributed by atoms with Crippen LogP contribution in [-0.4, -0.2) is 17.6 Å². The van der Waals surface area contributed by atoms with Crippen LogP contribution in [0.15, 0.2) is 12.1 Å². The molecule has 0 aromatic carbocycles. The molecule has 4 nitrogen and oxygen atoms in total. The van der Waals surface area contributed by atoms with Crippen LogP contribution in [0.1, 0.15) is 44.0 Å². The van der Waals surface area contributed by atoms with Gasteiger partial charge in [0, 0.05) is 30.0 Å². The third-order valence-corrected chi connectivity index (χ3v) is 4.00. The summed E-state index contributed by atoms with van der Waals surface area (Å²) in [5.74, 6) is 0.823. The Balaban J connectivity index is 2.05. The van der Waals surface area contributed by atoms with Gasteiger partial charge in [-0.15, -0.1) is 0 Å². The number of hydrogen-bond donors (Lipinski definition) is 1. The van der Waals surface area contributed by atoms with Gasteiger partial charge in [-0.1, -0.05) is 6.92 Å². The van der Waals surface area contributed by atoms with Crippen LogP contribution in [0.3, 0.4) is 0 Å². The zero-order valence-corrected chi connectivity index (χ0v) is 12.4. The molecule has 1 aliphatic rings. The monoisotopic (exact) mass is 273 g/mol. The molecule has 1 aromatic heterocycles. The molecule has 0 radical (unpaired) electrons. The van der Waals surface area contributed by atoms with Crippen molar-refractivity contribution < 1.29 is 4.74 Å². The first-order valence-electron chi connectivity index (χ1n) is 7.30. The van der Waals surface area contributed by atoms with E-state index in [1.54, 1.807) is 0 Å². The van der Waals surface area contributed by atoms with Gasteiger partial charge in [-0.05, 0) is 38.3 Å². The molecule has 1 unspecified atom stereocenters. The van der Waals surface area contributed by atoms with E-state index in [-0.39, 0.29) is 11.5 Å². The van der Waals surface area contributed by atoms with Crippen LogP contribution in [-0.2, 0) is 6.42 Å². The summed E-state index contributed by atoms with van der Waals surface area (Å²) in [6, 6.07) is 6.30. The van der Waals surface area contributed by atoms with Crippen molar-refractivity contribution in [2.45, 2.75) is 52.0 Å². The van der Waals surface area contributed by atoms with E-state index in [9.17, 15) is 0 Å². The van der Waals surface area contributed by atoms with Gasteiger partial charge in [0.05, 0.1) is 18.4 Å². The van der Waals surface area contributed by atoms with Crippen molar-refractivity contribution >= 4 is 0 Å². The molecule has 20 heavy (non-hydrogen) atoms. The third kappa shape index (κ3) is 3.71. The Morgan fingerprint density at radius 3 is 2.85 bits per heavy atom. The fourth-order valence-electron chi connectivity index (χ4n) is 2.22. The van der Waals surface area contributed by atoms with Crippen LogP contribution in [0.4, 0.5) is 0 Å². The maximum absolute atomic E-state index is 8.85. The van der Waals surface area contributed by atoms with E-state index < -0.39 is 0 Å². The van der Waals surface area contributed by atoms with Gasteiger partial charge in [0.25, 0.3) is 0 Å². The number of pyridine rings is 1. The van der Waals surface area contributed by atoms with Gasteiger partial charge in [0.1, 0.15) is 5.75 Å². The quantitative estimate of drug-likeness (QED) is 0.829. The summed E-state index contributed by atoms with van der Waals surface area (Å²) in [6.07, 6.45) is 4.41. The lowest BCUT2D eigenvalue weighted by Crippen LogP contribution is -2.23. The second-order valence-corrected chi connectivity index (χ2v) is 5.89. The summed E-state index contributed by atoms with van der Waals surface area (Å²) >= 11 is 0. The second kappa shape index (κ2) is 6.23. The number of nitrogens with two attached hydrogens (primary N) is 1. The fourth-order valence-corrected chi connectivity index (χ4v) is 2.22. The Morgan fingerprint density at radius 2 is 2.25 bits per heavy atom. The summed E-state index contributed by atoms with van der Waals surface area (Å²) in [6.45, 7) is 4.66. The topological polar surface area (TPSA) is 71.9 Å². The number of aromatic nitrogens is 1. The predicted octanol–water partition coefficient (Wildman–Crippen LogP) is 2.74. The van der Waals surface area contributed by atoms with E-state index in [2.05, 4.69) is 18.0 Å². The lowest BCUT2D eigenvalue weighted by molar-refractivity contribution is 0.233. The number of ether oxygens (including phenoxy) is 1. The molecule has 108 valence electrons. The molecule has 0 saturated heterocycles. The Hall–Kier alpha value is -1.60. The van der Waals surface area contributed by atoms with E-state index in [0.717, 1.165) is 42.8 Å². The number of nitriles is 1. The highest BCUT2D eigenvalue weighted by atomic mass is 16.5. The molecule has 0 amide bonds. The Kier molecular flexibility index (Phi) is 4.61. The number of nitrogens with zero attached hydrogens (tertiary/aromatic N) is 2. The van der Waals surface area contributed by atoms with Gasteiger partial charge < -0.3 is 10.5 Å². The van der Waals surface area contributed by atoms with Crippen LogP contribution < -0.4 is 10.5 Å². The van der Waals surface area contributed by atoms with Crippen molar-refractivity contribution in [3.8, 4) is 11.8 Å². The molecule has 1 fully saturated rings. The smallest absolute Gasteiger partial charge is 0.140 e. The maximum atomic E-state index is 8.85. The highest BCUT2D eigenvalue weighted by Gasteiger charge is 2.43. The molecule has 1 aliphatic carbocycles. The molecule has 0 spiro atoms. The first-order valence-corrected chi connectivity index (χ1v) is 7.30. The fraction of sp³-hybridized carbons (Fsp3) is 0.625. The maximum Gasteiger partial charge on any atom is 0.140 e. The Bertz CT molecular complexity index is 503. The van der Waals surface area contributed by atoms with Gasteiger partial charge in [-0.2, -0.15) is 5.26 Å². The summed E-state index contributed by atoms with van der Waals surface area (Å²) in [5, 5.41) is 8.85. The molecular weight excluding hydrogens is 250 g/mol. The number of aryl methyl sites for hydroxylation is 1. The van der Waals surface area contributed by atoms with Crippen molar-refractivity contribution in [1.82, 2.24) is 4.98 Å². The minimum Gasteiger partial charge on any atom is -0.491 e. The zero-order valence-electron chi connectivity index (χ0n) is 12.4. The van der Waals surface area contributed by atoms with Crippen LogP contribution in [0.2, 0.25) is 0 Å². The number of hydrogen-bond acceptors (Lipinski definition) is 4. The van der Waals surface area contributed by atoms with Crippen molar-refractivity contribution in [3.05, 3.63) is 23.5 Å². The summed E-state index contributed by atoms with van der Waals surface area (Å²) in [7, 11) is 0. The Labute approximate surface area is 121 Å². The van der Waals surface area contributed by atoms with Crippen molar-refractivity contribution in [1.29, 1.82) is 5.26 Å². The minimum atomic E-state index is 0.0871. The van der Waals surface area contributed by atoms with Gasteiger partial charge in [-0.3, -0.25) is 4.98 Å². The van der Waals surface area contributed by atoms with E-state index in [1.165, 1.54) is 0 Å². The molecule has 0 aliphatic heterocycles. The second-order valence-electron chi connectivity index (χ2n) is 5.89. The molecule has 1 atom stereocenters. The number of rotatable bonds is 7. The Morgan fingerprint density at radius 1 is 1.50 bits per heavy atom. The summed E-state index contributed by atoms with van der Waals surface area (Å²) in [4.78, 5) is 4.56. The molecule has 1 aromatic rings. The molecule has 2 rings (SSSR count). The largest absolute Gasteiger partial charge is 0.491 e. The van der Waals surface area contributed by atoms with E-state index >= 15 is 0 Å². The van der Waals surface area contributed by atoms with Crippen molar-refractivity contribution in [3.63, 3.8) is 0 Å². The average molecular weight is 273 g/mol. The molecule has 1 saturated carbocycles. The molecule has 0 bridgehead atoms. The predicted molar refractivity (Wildman–Crippen MR) is 78.3 cm³/mol. The van der Waals surface area contributed by atoms with E-state index in [1.807, 2.05) is 19.1 Å². The molecule has 1 heterocycles. The van der Waals surface area contributed by atoms with Crippen molar-refractivity contribution in [2.75, 3.05) is 6.61 Å². The normalized spacial score (nSPS) is 17.3. The summed E-state index contributed by atoms with van der Waals surface area (Å²) < 4.78 is 5.95. The zero-order chi connectivity index (χ0) is 14.6. The van der Waals surface area contributed by atoms with Crippen LogP contribution in [0.5, 0.6) is 5.75 Å². The third-order valence-electron chi connectivity index (χ3n) is 4.00. The highest BCUT2D eigenvalue weighted by molar-refractivity contribution is 5.30. The van der Waals surface area contributed by atoms with Gasteiger partial charge in [-0.25, -0.2) is 0 Å². The first-order chi connectivity index (χ1) is 9.58. The highest BCUT2D eigenvalue weighted by Crippen LogP contribution is 2.48. The lowest BCUT2D eigenvalue weighted by Gasteiger charge is -2.17. The van der Waals surface area contributed by atoms with Crippen LogP contribution in [0.25, 0.3) is 0 Å². The van der Waals surface area contributed by atoms with Gasteiger partial charge >= 0.3 is 0 Å². The molecular formula is C16H23N3O. The SMILES string of the molecule is CCC(N)Cc1nc(C)ccc1OCC1(CC#N)CC1. The van der Waals surface area contributed by atoms with Crippen molar-refractivity contribution in [2.24, 2.45) is 11.1 Å². The summed E-state index contributed by atoms with van der Waals surface area (Å²) in [5.41, 5.74) is 8.03. The van der Waals surface area contributed by atoms with Gasteiger partial charge in [0.2, 0.25) is 0 Å². The molecule has 2 N–H and O–H groups in total. The van der Waals surface area contributed by atoms with Crippen LogP contribution in [0, 0.1) is 23.7 Å². The minimum absolute atomic E-state index is 0.0871. The van der Waals surface area contributed by atoms with Gasteiger partial charge in [0.15, 0.2) is 0 Å². The standard InChI is InChI=1S/C16H23N3O/c1-3-13(18)10-14-15(5-4-12(2)19-14)20-11-16(6-7-16)8-9-17/h4-5,13H,3,6-8,10-11,18H2,1-2H3. The lowest BCUT2D eigenvalue weighted by atomic mass is 10.1. The molecule has 4 heteroatoms. The van der Waals surface area contributed by atoms with E-state index in [4.69, 9.17) is 15.7 Å².